The fourth-order valence-electron chi connectivity index (χ4n) is 3.85. The van der Waals surface area contributed by atoms with Crippen LogP contribution in [0, 0.1) is 5.92 Å². The van der Waals surface area contributed by atoms with Gasteiger partial charge in [-0.3, -0.25) is 9.59 Å². The minimum atomic E-state index is -0.164. The number of carbonyl (C=O) groups is 2. The first-order chi connectivity index (χ1) is 15.1. The number of nitrogens with one attached hydrogen (secondary N) is 3. The zero-order valence-corrected chi connectivity index (χ0v) is 17.9. The van der Waals surface area contributed by atoms with Crippen molar-refractivity contribution in [3.05, 3.63) is 77.9 Å². The lowest BCUT2D eigenvalue weighted by Crippen LogP contribution is -2.30. The summed E-state index contributed by atoms with van der Waals surface area (Å²) in [4.78, 5) is 25.2. The van der Waals surface area contributed by atoms with E-state index in [1.54, 1.807) is 0 Å². The van der Waals surface area contributed by atoms with E-state index in [2.05, 4.69) is 28.9 Å². The molecule has 1 aliphatic rings. The third-order valence-corrected chi connectivity index (χ3v) is 5.72. The first-order valence-corrected chi connectivity index (χ1v) is 11.0. The van der Waals surface area contributed by atoms with Crippen LogP contribution in [-0.2, 0) is 4.79 Å². The molecule has 1 atom stereocenters. The molecule has 0 unspecified atom stereocenters. The summed E-state index contributed by atoms with van der Waals surface area (Å²) in [6.07, 6.45) is 3.26. The van der Waals surface area contributed by atoms with E-state index in [1.165, 1.54) is 12.8 Å². The molecule has 0 saturated heterocycles. The molecule has 3 N–H and O–H groups in total. The van der Waals surface area contributed by atoms with E-state index in [0.29, 0.717) is 12.1 Å². The zero-order chi connectivity index (χ0) is 21.6. The first kappa shape index (κ1) is 21.1. The molecule has 1 aliphatic carbocycles. The van der Waals surface area contributed by atoms with Gasteiger partial charge in [-0.1, -0.05) is 49.4 Å². The molecule has 3 aromatic carbocycles. The SMILES string of the molecule is CC[C@@H](NC(=O)c1ccccc1)c1cc(NC(=O)CNCC2CC2)cc2ccccc12. The van der Waals surface area contributed by atoms with Crippen molar-refractivity contribution in [1.29, 1.82) is 0 Å². The number of rotatable bonds is 9. The van der Waals surface area contributed by atoms with Crippen molar-refractivity contribution < 1.29 is 9.59 Å². The van der Waals surface area contributed by atoms with E-state index in [4.69, 9.17) is 0 Å². The molecule has 5 nitrogen and oxygen atoms in total. The highest BCUT2D eigenvalue weighted by Crippen LogP contribution is 2.30. The Kier molecular flexibility index (Phi) is 6.63. The first-order valence-electron chi connectivity index (χ1n) is 11.0. The van der Waals surface area contributed by atoms with Crippen molar-refractivity contribution in [2.45, 2.75) is 32.2 Å². The Morgan fingerprint density at radius 2 is 1.74 bits per heavy atom. The molecule has 1 fully saturated rings. The highest BCUT2D eigenvalue weighted by molar-refractivity contribution is 5.98. The monoisotopic (exact) mass is 415 g/mol. The molecule has 5 heteroatoms. The van der Waals surface area contributed by atoms with Gasteiger partial charge in [0.15, 0.2) is 0 Å². The molecule has 4 rings (SSSR count). The van der Waals surface area contributed by atoms with Gasteiger partial charge >= 0.3 is 0 Å². The molecular weight excluding hydrogens is 386 g/mol. The molecule has 0 aliphatic heterocycles. The van der Waals surface area contributed by atoms with Gasteiger partial charge in [-0.15, -0.1) is 0 Å². The smallest absolute Gasteiger partial charge is 0.251 e. The minimum Gasteiger partial charge on any atom is -0.345 e. The number of hydrogen-bond acceptors (Lipinski definition) is 3. The number of carbonyl (C=O) groups excluding carboxylic acids is 2. The molecular formula is C26H29N3O2. The van der Waals surface area contributed by atoms with Crippen LogP contribution in [0.2, 0.25) is 0 Å². The van der Waals surface area contributed by atoms with Gasteiger partial charge in [0.1, 0.15) is 0 Å². The summed E-state index contributed by atoms with van der Waals surface area (Å²) in [5.74, 6) is 0.581. The molecule has 0 spiro atoms. The van der Waals surface area contributed by atoms with Crippen LogP contribution in [0.1, 0.15) is 48.1 Å². The number of fused-ring (bicyclic) bond motifs is 1. The summed E-state index contributed by atoms with van der Waals surface area (Å²) in [6, 6.07) is 21.1. The van der Waals surface area contributed by atoms with Crippen LogP contribution >= 0.6 is 0 Å². The second-order valence-electron chi connectivity index (χ2n) is 8.21. The lowest BCUT2D eigenvalue weighted by Gasteiger charge is -2.21. The number of hydrogen-bond donors (Lipinski definition) is 3. The lowest BCUT2D eigenvalue weighted by atomic mass is 9.95. The summed E-state index contributed by atoms with van der Waals surface area (Å²) in [6.45, 7) is 3.26. The largest absolute Gasteiger partial charge is 0.345 e. The zero-order valence-electron chi connectivity index (χ0n) is 17.9. The number of anilines is 1. The van der Waals surface area contributed by atoms with Gasteiger partial charge in [-0.05, 0) is 72.3 Å². The van der Waals surface area contributed by atoms with Crippen LogP contribution in [0.25, 0.3) is 10.8 Å². The third-order valence-electron chi connectivity index (χ3n) is 5.72. The van der Waals surface area contributed by atoms with Crippen LogP contribution < -0.4 is 16.0 Å². The van der Waals surface area contributed by atoms with Gasteiger partial charge in [0.25, 0.3) is 5.91 Å². The van der Waals surface area contributed by atoms with E-state index >= 15 is 0 Å². The van der Waals surface area contributed by atoms with E-state index in [-0.39, 0.29) is 17.9 Å². The highest BCUT2D eigenvalue weighted by Gasteiger charge is 2.21. The Labute approximate surface area is 183 Å². The van der Waals surface area contributed by atoms with Gasteiger partial charge in [-0.25, -0.2) is 0 Å². The van der Waals surface area contributed by atoms with Crippen LogP contribution in [0.4, 0.5) is 5.69 Å². The van der Waals surface area contributed by atoms with E-state index in [9.17, 15) is 9.59 Å². The predicted octanol–water partition coefficient (Wildman–Crippen LogP) is 4.66. The van der Waals surface area contributed by atoms with Gasteiger partial charge in [0.05, 0.1) is 12.6 Å². The minimum absolute atomic E-state index is 0.0525. The standard InChI is InChI=1S/C26H29N3O2/c1-2-24(29-26(31)19-8-4-3-5-9-19)23-15-21(14-20-10-6-7-11-22(20)23)28-25(30)17-27-16-18-12-13-18/h3-11,14-15,18,24,27H,2,12-13,16-17H2,1H3,(H,28,30)(H,29,31)/t24-/m1/s1. The van der Waals surface area contributed by atoms with Gasteiger partial charge in [0.2, 0.25) is 5.91 Å². The molecule has 0 bridgehead atoms. The Balaban J connectivity index is 1.55. The van der Waals surface area contributed by atoms with Crippen LogP contribution in [0.3, 0.4) is 0 Å². The van der Waals surface area contributed by atoms with Gasteiger partial charge in [0, 0.05) is 11.3 Å². The summed E-state index contributed by atoms with van der Waals surface area (Å²) in [5.41, 5.74) is 2.39. The Morgan fingerprint density at radius 1 is 1.00 bits per heavy atom. The van der Waals surface area contributed by atoms with Crippen LogP contribution in [0.5, 0.6) is 0 Å². The normalized spacial score (nSPS) is 14.2. The van der Waals surface area contributed by atoms with Crippen molar-refractivity contribution in [3.8, 4) is 0 Å². The fourth-order valence-corrected chi connectivity index (χ4v) is 3.85. The van der Waals surface area contributed by atoms with Crippen molar-refractivity contribution in [1.82, 2.24) is 10.6 Å². The van der Waals surface area contributed by atoms with Crippen LogP contribution in [-0.4, -0.2) is 24.9 Å². The topological polar surface area (TPSA) is 70.2 Å². The molecule has 1 saturated carbocycles. The van der Waals surface area contributed by atoms with E-state index in [0.717, 1.165) is 40.9 Å². The maximum absolute atomic E-state index is 12.8. The maximum atomic E-state index is 12.8. The fraction of sp³-hybridized carbons (Fsp3) is 0.308. The summed E-state index contributed by atoms with van der Waals surface area (Å²) in [7, 11) is 0. The molecule has 2 amide bonds. The molecule has 0 aromatic heterocycles. The quantitative estimate of drug-likeness (QED) is 0.476. The Bertz CT molecular complexity index is 1060. The molecule has 31 heavy (non-hydrogen) atoms. The molecule has 160 valence electrons. The second-order valence-corrected chi connectivity index (χ2v) is 8.21. The average Bonchev–Trinajstić information content (AvgIpc) is 3.62. The Morgan fingerprint density at radius 3 is 2.48 bits per heavy atom. The summed E-state index contributed by atoms with van der Waals surface area (Å²) >= 11 is 0. The summed E-state index contributed by atoms with van der Waals surface area (Å²) < 4.78 is 0. The van der Waals surface area contributed by atoms with Gasteiger partial charge in [-0.2, -0.15) is 0 Å². The molecule has 0 heterocycles. The maximum Gasteiger partial charge on any atom is 0.251 e. The van der Waals surface area contributed by atoms with Crippen molar-refractivity contribution in [2.24, 2.45) is 5.92 Å². The van der Waals surface area contributed by atoms with E-state index in [1.807, 2.05) is 60.7 Å². The number of amides is 2. The van der Waals surface area contributed by atoms with Gasteiger partial charge < -0.3 is 16.0 Å². The highest BCUT2D eigenvalue weighted by atomic mass is 16.2. The van der Waals surface area contributed by atoms with E-state index < -0.39 is 0 Å². The number of benzene rings is 3. The average molecular weight is 416 g/mol. The van der Waals surface area contributed by atoms with Crippen LogP contribution in [0.15, 0.2) is 66.7 Å². The van der Waals surface area contributed by atoms with Crippen molar-refractivity contribution in [2.75, 3.05) is 18.4 Å². The van der Waals surface area contributed by atoms with Crippen molar-refractivity contribution in [3.63, 3.8) is 0 Å². The Hall–Kier alpha value is -3.18. The van der Waals surface area contributed by atoms with Crippen molar-refractivity contribution >= 4 is 28.3 Å². The second kappa shape index (κ2) is 9.75. The molecule has 3 aromatic rings. The molecule has 0 radical (unpaired) electrons. The predicted molar refractivity (Wildman–Crippen MR) is 125 cm³/mol. The summed E-state index contributed by atoms with van der Waals surface area (Å²) in [5, 5.41) is 11.5. The lowest BCUT2D eigenvalue weighted by molar-refractivity contribution is -0.115. The third kappa shape index (κ3) is 5.50.